The first-order valence-electron chi connectivity index (χ1n) is 5.44. The van der Waals surface area contributed by atoms with Gasteiger partial charge in [0.15, 0.2) is 0 Å². The molecule has 2 nitrogen and oxygen atoms in total. The lowest BCUT2D eigenvalue weighted by atomic mass is 10.2. The van der Waals surface area contributed by atoms with E-state index in [1.807, 2.05) is 18.3 Å². The zero-order valence-electron chi connectivity index (χ0n) is 8.78. The van der Waals surface area contributed by atoms with Crippen LogP contribution in [-0.2, 0) is 6.54 Å². The van der Waals surface area contributed by atoms with Crippen molar-refractivity contribution in [1.82, 2.24) is 4.57 Å². The molecule has 1 aliphatic rings. The highest BCUT2D eigenvalue weighted by molar-refractivity contribution is 9.10. The molecule has 1 heterocycles. The van der Waals surface area contributed by atoms with E-state index >= 15 is 0 Å². The van der Waals surface area contributed by atoms with Crippen LogP contribution in [0.15, 0.2) is 28.9 Å². The number of hydrogen-bond donors (Lipinski definition) is 0. The highest BCUT2D eigenvalue weighted by atomic mass is 79.9. The first kappa shape index (κ1) is 9.92. The standard InChI is InChI=1S/C13H11BrN2/c1-15-12-8-16(7-9-2-3-9)13-5-4-10(14)6-11(12)13/h4-6,8-9H,2-3,7H2. The molecule has 1 aromatic carbocycles. The number of benzene rings is 1. The highest BCUT2D eigenvalue weighted by Gasteiger charge is 2.22. The van der Waals surface area contributed by atoms with Crippen molar-refractivity contribution >= 4 is 32.5 Å². The maximum Gasteiger partial charge on any atom is 0.212 e. The Morgan fingerprint density at radius 1 is 1.44 bits per heavy atom. The van der Waals surface area contributed by atoms with Crippen LogP contribution in [0.4, 0.5) is 5.69 Å². The average molecular weight is 275 g/mol. The van der Waals surface area contributed by atoms with Crippen LogP contribution >= 0.6 is 15.9 Å². The lowest BCUT2D eigenvalue weighted by Gasteiger charge is -2.03. The molecule has 16 heavy (non-hydrogen) atoms. The van der Waals surface area contributed by atoms with Gasteiger partial charge in [0.2, 0.25) is 5.69 Å². The van der Waals surface area contributed by atoms with Gasteiger partial charge in [-0.1, -0.05) is 15.9 Å². The van der Waals surface area contributed by atoms with Gasteiger partial charge in [0.05, 0.1) is 6.57 Å². The van der Waals surface area contributed by atoms with Gasteiger partial charge in [-0.05, 0) is 37.0 Å². The molecule has 0 saturated heterocycles. The molecular formula is C13H11BrN2. The molecule has 2 aromatic rings. The molecule has 0 amide bonds. The molecule has 3 rings (SSSR count). The van der Waals surface area contributed by atoms with Crippen molar-refractivity contribution in [1.29, 1.82) is 0 Å². The summed E-state index contributed by atoms with van der Waals surface area (Å²) >= 11 is 3.46. The Hall–Kier alpha value is -1.27. The Labute approximate surface area is 103 Å². The van der Waals surface area contributed by atoms with Crippen LogP contribution in [0.1, 0.15) is 12.8 Å². The molecule has 3 heteroatoms. The fourth-order valence-electron chi connectivity index (χ4n) is 2.07. The van der Waals surface area contributed by atoms with E-state index in [2.05, 4.69) is 31.4 Å². The lowest BCUT2D eigenvalue weighted by molar-refractivity contribution is 0.648. The second-order valence-electron chi connectivity index (χ2n) is 4.38. The van der Waals surface area contributed by atoms with E-state index in [9.17, 15) is 0 Å². The van der Waals surface area contributed by atoms with E-state index in [1.165, 1.54) is 18.4 Å². The summed E-state index contributed by atoms with van der Waals surface area (Å²) in [5.74, 6) is 0.831. The fraction of sp³-hybridized carbons (Fsp3) is 0.308. The van der Waals surface area contributed by atoms with Crippen molar-refractivity contribution in [2.24, 2.45) is 5.92 Å². The van der Waals surface area contributed by atoms with Crippen LogP contribution < -0.4 is 0 Å². The molecule has 0 N–H and O–H groups in total. The Morgan fingerprint density at radius 2 is 2.25 bits per heavy atom. The molecule has 0 radical (unpaired) electrons. The van der Waals surface area contributed by atoms with Gasteiger partial charge in [-0.15, -0.1) is 0 Å². The van der Waals surface area contributed by atoms with Gasteiger partial charge in [-0.25, -0.2) is 4.85 Å². The molecule has 0 bridgehead atoms. The topological polar surface area (TPSA) is 9.29 Å². The minimum atomic E-state index is 0.761. The predicted octanol–water partition coefficient (Wildman–Crippen LogP) is 4.36. The van der Waals surface area contributed by atoms with Crippen molar-refractivity contribution in [3.63, 3.8) is 0 Å². The normalized spacial score (nSPS) is 15.2. The zero-order chi connectivity index (χ0) is 11.1. The van der Waals surface area contributed by atoms with E-state index in [0.717, 1.165) is 28.0 Å². The summed E-state index contributed by atoms with van der Waals surface area (Å²) in [5, 5.41) is 1.06. The first-order chi connectivity index (χ1) is 7.78. The molecule has 1 aliphatic carbocycles. The van der Waals surface area contributed by atoms with Gasteiger partial charge < -0.3 is 4.57 Å². The van der Waals surface area contributed by atoms with Gasteiger partial charge in [0.1, 0.15) is 0 Å². The molecule has 80 valence electrons. The SMILES string of the molecule is [C-]#[N+]c1cn(CC2CC2)c2ccc(Br)cc12. The van der Waals surface area contributed by atoms with Crippen molar-refractivity contribution in [2.75, 3.05) is 0 Å². The second kappa shape index (κ2) is 3.64. The maximum atomic E-state index is 7.20. The lowest BCUT2D eigenvalue weighted by Crippen LogP contribution is -1.96. The minimum Gasteiger partial charge on any atom is -0.358 e. The molecule has 1 saturated carbocycles. The second-order valence-corrected chi connectivity index (χ2v) is 5.30. The van der Waals surface area contributed by atoms with Crippen LogP contribution in [0.3, 0.4) is 0 Å². The largest absolute Gasteiger partial charge is 0.358 e. The van der Waals surface area contributed by atoms with Crippen LogP contribution in [0.5, 0.6) is 0 Å². The summed E-state index contributed by atoms with van der Waals surface area (Å²) < 4.78 is 3.27. The van der Waals surface area contributed by atoms with Gasteiger partial charge in [0.25, 0.3) is 0 Å². The Morgan fingerprint density at radius 3 is 2.94 bits per heavy atom. The van der Waals surface area contributed by atoms with E-state index in [1.54, 1.807) is 0 Å². The summed E-state index contributed by atoms with van der Waals surface area (Å²) in [6.07, 6.45) is 4.66. The monoisotopic (exact) mass is 274 g/mol. The molecule has 1 aromatic heterocycles. The Bertz CT molecular complexity index is 588. The van der Waals surface area contributed by atoms with Gasteiger partial charge in [-0.3, -0.25) is 0 Å². The Kier molecular flexibility index (Phi) is 2.26. The van der Waals surface area contributed by atoms with E-state index in [4.69, 9.17) is 6.57 Å². The number of fused-ring (bicyclic) bond motifs is 1. The van der Waals surface area contributed by atoms with Crippen LogP contribution in [0.2, 0.25) is 0 Å². The number of aromatic nitrogens is 1. The summed E-state index contributed by atoms with van der Waals surface area (Å²) in [7, 11) is 0. The number of halogens is 1. The van der Waals surface area contributed by atoms with Crippen LogP contribution in [0.25, 0.3) is 15.7 Å². The first-order valence-corrected chi connectivity index (χ1v) is 6.23. The molecule has 0 atom stereocenters. The number of nitrogens with zero attached hydrogens (tertiary/aromatic N) is 2. The van der Waals surface area contributed by atoms with Crippen molar-refractivity contribution in [2.45, 2.75) is 19.4 Å². The van der Waals surface area contributed by atoms with Crippen molar-refractivity contribution in [3.05, 3.63) is 40.3 Å². The quantitative estimate of drug-likeness (QED) is 0.720. The highest BCUT2D eigenvalue weighted by Crippen LogP contribution is 2.35. The molecule has 0 spiro atoms. The van der Waals surface area contributed by atoms with Crippen LogP contribution in [0, 0.1) is 12.5 Å². The van der Waals surface area contributed by atoms with Gasteiger partial charge in [0, 0.05) is 28.1 Å². The summed E-state index contributed by atoms with van der Waals surface area (Å²) in [4.78, 5) is 3.60. The third kappa shape index (κ3) is 1.64. The van der Waals surface area contributed by atoms with Gasteiger partial charge >= 0.3 is 0 Å². The van der Waals surface area contributed by atoms with Crippen molar-refractivity contribution in [3.8, 4) is 0 Å². The molecule has 1 fully saturated rings. The summed E-state index contributed by atoms with van der Waals surface area (Å²) in [6.45, 7) is 8.27. The maximum absolute atomic E-state index is 7.20. The summed E-state index contributed by atoms with van der Waals surface area (Å²) in [6, 6.07) is 6.17. The zero-order valence-corrected chi connectivity index (χ0v) is 10.4. The van der Waals surface area contributed by atoms with E-state index in [0.29, 0.717) is 0 Å². The fourth-order valence-corrected chi connectivity index (χ4v) is 2.43. The third-order valence-electron chi connectivity index (χ3n) is 3.09. The average Bonchev–Trinajstić information content (AvgIpc) is 3.01. The smallest absolute Gasteiger partial charge is 0.212 e. The number of hydrogen-bond acceptors (Lipinski definition) is 0. The van der Waals surface area contributed by atoms with Gasteiger partial charge in [-0.2, -0.15) is 0 Å². The van der Waals surface area contributed by atoms with E-state index in [-0.39, 0.29) is 0 Å². The predicted molar refractivity (Wildman–Crippen MR) is 68.6 cm³/mol. The van der Waals surface area contributed by atoms with E-state index < -0.39 is 0 Å². The van der Waals surface area contributed by atoms with Crippen LogP contribution in [-0.4, -0.2) is 4.57 Å². The molecular weight excluding hydrogens is 264 g/mol. The minimum absolute atomic E-state index is 0.761. The molecule has 0 aliphatic heterocycles. The number of rotatable bonds is 2. The third-order valence-corrected chi connectivity index (χ3v) is 3.59. The van der Waals surface area contributed by atoms with Crippen molar-refractivity contribution < 1.29 is 0 Å². The summed E-state index contributed by atoms with van der Waals surface area (Å²) in [5.41, 5.74) is 1.94. The Balaban J connectivity index is 2.17. The molecule has 0 unspecified atom stereocenters.